The van der Waals surface area contributed by atoms with E-state index >= 15 is 0 Å². The lowest BCUT2D eigenvalue weighted by atomic mass is 9.91. The summed E-state index contributed by atoms with van der Waals surface area (Å²) in [6.07, 6.45) is -7.03. The molecule has 0 fully saturated rings. The van der Waals surface area contributed by atoms with Gasteiger partial charge in [-0.2, -0.15) is 26.3 Å². The minimum Gasteiger partial charge on any atom is -0.508 e. The van der Waals surface area contributed by atoms with E-state index in [-0.39, 0.29) is 24.1 Å². The fourth-order valence-electron chi connectivity index (χ4n) is 6.94. The highest BCUT2D eigenvalue weighted by atomic mass is 19.4. The number of carbonyl (C=O) groups is 4. The van der Waals surface area contributed by atoms with Crippen molar-refractivity contribution in [2.24, 2.45) is 5.73 Å². The van der Waals surface area contributed by atoms with Crippen LogP contribution in [0.5, 0.6) is 5.75 Å². The van der Waals surface area contributed by atoms with Gasteiger partial charge in [0, 0.05) is 36.5 Å². The number of aromatic amines is 2. The molecule has 8 N–H and O–H groups in total. The van der Waals surface area contributed by atoms with Crippen molar-refractivity contribution in [1.29, 1.82) is 0 Å². The molecule has 0 spiro atoms. The highest BCUT2D eigenvalue weighted by Crippen LogP contribution is 2.29. The smallest absolute Gasteiger partial charge is 0.490 e. The number of hydrogen-bond acceptors (Lipinski definition) is 7. The van der Waals surface area contributed by atoms with Crippen LogP contribution in [-0.2, 0) is 45.0 Å². The van der Waals surface area contributed by atoms with E-state index in [9.17, 15) is 41.0 Å². The molecular formula is C42H40F6N6O7. The van der Waals surface area contributed by atoms with Crippen LogP contribution in [0, 0.1) is 13.8 Å². The average molecular weight is 855 g/mol. The van der Waals surface area contributed by atoms with E-state index < -0.39 is 42.4 Å². The number of nitrogens with zero attached hydrogens (tertiary/aromatic N) is 2. The van der Waals surface area contributed by atoms with Gasteiger partial charge < -0.3 is 41.2 Å². The monoisotopic (exact) mass is 854 g/mol. The van der Waals surface area contributed by atoms with Crippen molar-refractivity contribution >= 4 is 45.7 Å². The summed E-state index contributed by atoms with van der Waals surface area (Å²) < 4.78 is 63.5. The number of rotatable bonds is 8. The number of carboxylic acids is 2. The fraction of sp³-hybridized carbons (Fsp3) is 0.262. The first-order valence-corrected chi connectivity index (χ1v) is 18.5. The highest BCUT2D eigenvalue weighted by molar-refractivity contribution is 5.91. The Bertz CT molecular complexity index is 2470. The molecule has 0 saturated heterocycles. The van der Waals surface area contributed by atoms with Crippen molar-refractivity contribution in [2.45, 2.75) is 70.1 Å². The van der Waals surface area contributed by atoms with Crippen LogP contribution in [0.1, 0.15) is 45.2 Å². The highest BCUT2D eigenvalue weighted by Gasteiger charge is 2.40. The molecule has 3 atom stereocenters. The van der Waals surface area contributed by atoms with Gasteiger partial charge in [0.1, 0.15) is 17.6 Å². The SMILES string of the molecule is Cc1cc(O)cc(C)c1C[C@H](N)C(=O)N1Cc2ccccc2C[C@H]1C(=O)N[C@@H](Cc1c[nH]c2ccccc12)c1nc2ccccc2[nH]1.O=C(O)C(F)(F)F.O=C(O)C(F)(F)F. The molecule has 7 rings (SSSR count). The number of benzene rings is 4. The van der Waals surface area contributed by atoms with E-state index in [1.165, 1.54) is 0 Å². The minimum atomic E-state index is -5.08. The number of phenols is 1. The van der Waals surface area contributed by atoms with Gasteiger partial charge in [0.15, 0.2) is 0 Å². The predicted octanol–water partition coefficient (Wildman–Crippen LogP) is 6.56. The molecule has 4 aromatic carbocycles. The van der Waals surface area contributed by atoms with Gasteiger partial charge in [-0.25, -0.2) is 14.6 Å². The first-order chi connectivity index (χ1) is 28.6. The van der Waals surface area contributed by atoms with E-state index in [4.69, 9.17) is 30.5 Å². The summed E-state index contributed by atoms with van der Waals surface area (Å²) in [5.41, 5.74) is 15.1. The Hall–Kier alpha value is -6.89. The maximum atomic E-state index is 14.4. The Kier molecular flexibility index (Phi) is 13.8. The van der Waals surface area contributed by atoms with Crippen LogP contribution in [0.2, 0.25) is 0 Å². The lowest BCUT2D eigenvalue weighted by Crippen LogP contribution is -2.57. The van der Waals surface area contributed by atoms with Crippen LogP contribution < -0.4 is 11.1 Å². The average Bonchev–Trinajstić information content (AvgIpc) is 3.82. The quantitative estimate of drug-likeness (QED) is 0.0825. The number of aromatic nitrogens is 3. The van der Waals surface area contributed by atoms with Crippen LogP contribution in [0.3, 0.4) is 0 Å². The molecule has 0 radical (unpaired) electrons. The molecule has 3 heterocycles. The number of imidazole rings is 1. The van der Waals surface area contributed by atoms with Gasteiger partial charge in [0.2, 0.25) is 11.8 Å². The molecule has 0 aliphatic carbocycles. The first kappa shape index (κ1) is 45.2. The van der Waals surface area contributed by atoms with Gasteiger partial charge in [0.05, 0.1) is 23.1 Å². The molecule has 2 aromatic heterocycles. The number of aryl methyl sites for hydroxylation is 2. The molecule has 2 amide bonds. The molecular weight excluding hydrogens is 814 g/mol. The van der Waals surface area contributed by atoms with Gasteiger partial charge >= 0.3 is 24.3 Å². The topological polar surface area (TPSA) is 215 Å². The minimum absolute atomic E-state index is 0.180. The number of para-hydroxylation sites is 3. The zero-order chi connectivity index (χ0) is 44.8. The largest absolute Gasteiger partial charge is 0.508 e. The number of halogens is 6. The van der Waals surface area contributed by atoms with E-state index in [2.05, 4.69) is 21.4 Å². The number of amides is 2. The van der Waals surface area contributed by atoms with Gasteiger partial charge in [-0.15, -0.1) is 0 Å². The molecule has 0 saturated carbocycles. The summed E-state index contributed by atoms with van der Waals surface area (Å²) in [6, 6.07) is 25.0. The number of phenolic OH excluding ortho intramolecular Hbond substituents is 1. The molecule has 6 aromatic rings. The lowest BCUT2D eigenvalue weighted by molar-refractivity contribution is -0.193. The maximum absolute atomic E-state index is 14.4. The van der Waals surface area contributed by atoms with E-state index in [1.54, 1.807) is 17.0 Å². The number of fused-ring (bicyclic) bond motifs is 3. The van der Waals surface area contributed by atoms with Gasteiger partial charge in [0.25, 0.3) is 0 Å². The first-order valence-electron chi connectivity index (χ1n) is 18.5. The van der Waals surface area contributed by atoms with Crippen LogP contribution in [0.15, 0.2) is 91.1 Å². The second-order valence-electron chi connectivity index (χ2n) is 14.2. The van der Waals surface area contributed by atoms with E-state index in [0.29, 0.717) is 25.1 Å². The van der Waals surface area contributed by atoms with Gasteiger partial charge in [-0.05, 0) is 84.0 Å². The second kappa shape index (κ2) is 18.6. The van der Waals surface area contributed by atoms with Crippen molar-refractivity contribution in [1.82, 2.24) is 25.2 Å². The zero-order valence-electron chi connectivity index (χ0n) is 32.4. The van der Waals surface area contributed by atoms with Crippen LogP contribution in [0.4, 0.5) is 26.3 Å². The third kappa shape index (κ3) is 11.2. The van der Waals surface area contributed by atoms with Gasteiger partial charge in [-0.1, -0.05) is 54.6 Å². The number of aromatic hydroxyl groups is 1. The van der Waals surface area contributed by atoms with Crippen molar-refractivity contribution in [3.63, 3.8) is 0 Å². The van der Waals surface area contributed by atoms with E-state index in [1.807, 2.05) is 86.8 Å². The fourth-order valence-corrected chi connectivity index (χ4v) is 6.94. The second-order valence-corrected chi connectivity index (χ2v) is 14.2. The third-order valence-corrected chi connectivity index (χ3v) is 9.89. The van der Waals surface area contributed by atoms with Crippen molar-refractivity contribution in [3.05, 3.63) is 130 Å². The molecule has 13 nitrogen and oxygen atoms in total. The molecule has 61 heavy (non-hydrogen) atoms. The normalized spacial score (nSPS) is 14.8. The number of hydrogen-bond donors (Lipinski definition) is 7. The number of nitrogens with one attached hydrogen (secondary N) is 3. The molecule has 1 aliphatic heterocycles. The Morgan fingerprint density at radius 1 is 0.836 bits per heavy atom. The number of alkyl halides is 6. The summed E-state index contributed by atoms with van der Waals surface area (Å²) in [5, 5.41) is 28.6. The Morgan fingerprint density at radius 2 is 1.38 bits per heavy atom. The molecule has 1 aliphatic rings. The van der Waals surface area contributed by atoms with Crippen LogP contribution in [0.25, 0.3) is 21.9 Å². The summed E-state index contributed by atoms with van der Waals surface area (Å²) in [7, 11) is 0. The number of carbonyl (C=O) groups excluding carboxylic acids is 2. The summed E-state index contributed by atoms with van der Waals surface area (Å²) in [4.78, 5) is 59.6. The van der Waals surface area contributed by atoms with Gasteiger partial charge in [-0.3, -0.25) is 9.59 Å². The molecule has 322 valence electrons. The number of nitrogens with two attached hydrogens (primary N) is 1. The Morgan fingerprint density at radius 3 is 1.97 bits per heavy atom. The number of H-pyrrole nitrogens is 2. The molecule has 0 unspecified atom stereocenters. The molecule has 0 bridgehead atoms. The maximum Gasteiger partial charge on any atom is 0.490 e. The molecule has 19 heteroatoms. The van der Waals surface area contributed by atoms with Crippen molar-refractivity contribution < 1.29 is 60.8 Å². The Labute approximate surface area is 343 Å². The summed E-state index contributed by atoms with van der Waals surface area (Å²) in [5.74, 6) is -5.24. The lowest BCUT2D eigenvalue weighted by Gasteiger charge is -2.38. The van der Waals surface area contributed by atoms with E-state index in [0.717, 1.165) is 55.3 Å². The number of aliphatic carboxylic acids is 2. The third-order valence-electron chi connectivity index (χ3n) is 9.89. The summed E-state index contributed by atoms with van der Waals surface area (Å²) in [6.45, 7) is 4.09. The van der Waals surface area contributed by atoms with Crippen LogP contribution in [-0.4, -0.2) is 83.4 Å². The number of carboxylic acid groups (broad SMARTS) is 2. The predicted molar refractivity (Wildman–Crippen MR) is 210 cm³/mol. The Balaban J connectivity index is 0.000000434. The zero-order valence-corrected chi connectivity index (χ0v) is 32.4. The van der Waals surface area contributed by atoms with Crippen LogP contribution >= 0.6 is 0 Å². The van der Waals surface area contributed by atoms with Crippen molar-refractivity contribution in [3.8, 4) is 5.75 Å². The summed E-state index contributed by atoms with van der Waals surface area (Å²) >= 11 is 0. The standard InChI is InChI=1S/C38H38N6O3.2C2HF3O2/c1-22-15-27(45)16-23(2)29(22)19-30(39)38(47)44-21-25-10-4-3-9-24(25)18-35(44)37(46)43-34(36-41-32-13-7-8-14-33(32)42-36)17-26-20-40-31-12-6-5-11-28(26)31;2*3-2(4,5)1(6)7/h3-16,20,30,34-35,40,45H,17-19,21,39H2,1-2H3,(H,41,42)(H,43,46);2*(H,6,7)/t30-,34-,35-;;/m0../s1. The van der Waals surface area contributed by atoms with Crippen molar-refractivity contribution in [2.75, 3.05) is 0 Å².